The van der Waals surface area contributed by atoms with Crippen molar-refractivity contribution in [3.8, 4) is 22.7 Å². The van der Waals surface area contributed by atoms with E-state index in [2.05, 4.69) is 37.6 Å². The van der Waals surface area contributed by atoms with E-state index in [1.807, 2.05) is 72.1 Å². The molecule has 6 aromatic rings. The summed E-state index contributed by atoms with van der Waals surface area (Å²) in [4.78, 5) is 26.3. The van der Waals surface area contributed by atoms with E-state index < -0.39 is 0 Å². The molecule has 4 aromatic heterocycles. The van der Waals surface area contributed by atoms with E-state index in [0.717, 1.165) is 35.2 Å². The highest BCUT2D eigenvalue weighted by atomic mass is 16.3. The summed E-state index contributed by atoms with van der Waals surface area (Å²) in [6, 6.07) is 21.6. The molecule has 1 fully saturated rings. The summed E-state index contributed by atoms with van der Waals surface area (Å²) in [5.41, 5.74) is 5.62. The molecule has 1 aliphatic rings. The molecule has 210 valence electrons. The fourth-order valence-electron chi connectivity index (χ4n) is 5.79. The Morgan fingerprint density at radius 3 is 2.55 bits per heavy atom. The van der Waals surface area contributed by atoms with Crippen LogP contribution in [0.1, 0.15) is 40.8 Å². The number of likely N-dealkylation sites (tertiary alicyclic amines) is 1. The summed E-state index contributed by atoms with van der Waals surface area (Å²) in [5, 5.41) is 17.2. The van der Waals surface area contributed by atoms with E-state index in [-0.39, 0.29) is 17.9 Å². The number of amides is 1. The summed E-state index contributed by atoms with van der Waals surface area (Å²) in [6.07, 6.45) is 5.03. The first kappa shape index (κ1) is 25.8. The van der Waals surface area contributed by atoms with Crippen molar-refractivity contribution in [1.82, 2.24) is 44.9 Å². The Bertz CT molecular complexity index is 1870. The van der Waals surface area contributed by atoms with Crippen molar-refractivity contribution in [2.75, 3.05) is 13.1 Å². The molecule has 0 radical (unpaired) electrons. The number of carbonyl (C=O) groups excluding carboxylic acids is 1. The van der Waals surface area contributed by atoms with Crippen LogP contribution in [0.5, 0.6) is 0 Å². The smallest absolute Gasteiger partial charge is 0.272 e. The molecule has 1 atom stereocenters. The van der Waals surface area contributed by atoms with E-state index in [1.165, 1.54) is 0 Å². The topological polar surface area (TPSA) is 121 Å². The molecule has 0 unspecified atom stereocenters. The van der Waals surface area contributed by atoms with Crippen LogP contribution < -0.4 is 0 Å². The third-order valence-corrected chi connectivity index (χ3v) is 7.92. The number of fused-ring (bicyclic) bond motifs is 1. The summed E-state index contributed by atoms with van der Waals surface area (Å²) < 4.78 is 7.88. The number of oxazole rings is 1. The number of aryl methyl sites for hydroxylation is 2. The fourth-order valence-corrected chi connectivity index (χ4v) is 5.79. The molecule has 1 amide bonds. The zero-order chi connectivity index (χ0) is 28.6. The number of hydrogen-bond acceptors (Lipinski definition) is 8. The van der Waals surface area contributed by atoms with Gasteiger partial charge in [-0.05, 0) is 72.9 Å². The molecule has 11 nitrogen and oxygen atoms in total. The van der Waals surface area contributed by atoms with Crippen LogP contribution in [0.25, 0.3) is 33.8 Å². The SMILES string of the molecule is Cc1nnn([C@H](c2ccccc2)C2CCN(C(=O)c3cc(-c4nc5cc(-c6ccnn6C)ccc5o4)ccn3)CC2)n1. The molecule has 0 spiro atoms. The van der Waals surface area contributed by atoms with Crippen LogP contribution in [-0.4, -0.2) is 63.9 Å². The number of pyridine rings is 1. The number of piperidine rings is 1. The van der Waals surface area contributed by atoms with E-state index in [1.54, 1.807) is 23.3 Å². The first-order chi connectivity index (χ1) is 20.5. The van der Waals surface area contributed by atoms with Gasteiger partial charge in [0.2, 0.25) is 5.89 Å². The molecule has 42 heavy (non-hydrogen) atoms. The van der Waals surface area contributed by atoms with Gasteiger partial charge in [-0.1, -0.05) is 30.3 Å². The number of nitrogens with zero attached hydrogens (tertiary/aromatic N) is 9. The Labute approximate surface area is 241 Å². The zero-order valence-corrected chi connectivity index (χ0v) is 23.3. The lowest BCUT2D eigenvalue weighted by atomic mass is 9.85. The molecule has 0 saturated carbocycles. The molecular weight excluding hydrogens is 530 g/mol. The molecule has 11 heteroatoms. The Morgan fingerprint density at radius 1 is 0.976 bits per heavy atom. The monoisotopic (exact) mass is 559 g/mol. The second-order valence-corrected chi connectivity index (χ2v) is 10.6. The lowest BCUT2D eigenvalue weighted by Crippen LogP contribution is -2.41. The summed E-state index contributed by atoms with van der Waals surface area (Å²) in [5.74, 6) is 1.25. The lowest BCUT2D eigenvalue weighted by molar-refractivity contribution is 0.0658. The van der Waals surface area contributed by atoms with Gasteiger partial charge in [-0.3, -0.25) is 14.5 Å². The van der Waals surface area contributed by atoms with Gasteiger partial charge in [-0.2, -0.15) is 9.90 Å². The third-order valence-electron chi connectivity index (χ3n) is 7.92. The molecule has 0 bridgehead atoms. The van der Waals surface area contributed by atoms with Crippen molar-refractivity contribution in [3.05, 3.63) is 96.2 Å². The Kier molecular flexibility index (Phi) is 6.54. The van der Waals surface area contributed by atoms with Crippen LogP contribution in [0, 0.1) is 12.8 Å². The minimum atomic E-state index is -0.101. The van der Waals surface area contributed by atoms with E-state index in [4.69, 9.17) is 9.40 Å². The molecule has 2 aromatic carbocycles. The number of aromatic nitrogens is 8. The predicted octanol–water partition coefficient (Wildman–Crippen LogP) is 4.73. The van der Waals surface area contributed by atoms with Gasteiger partial charge < -0.3 is 9.32 Å². The van der Waals surface area contributed by atoms with Gasteiger partial charge in [0.25, 0.3) is 5.91 Å². The van der Waals surface area contributed by atoms with Gasteiger partial charge in [0.05, 0.1) is 5.69 Å². The molecule has 5 heterocycles. The Hall–Kier alpha value is -5.19. The Morgan fingerprint density at radius 2 is 1.81 bits per heavy atom. The minimum absolute atomic E-state index is 0.0383. The van der Waals surface area contributed by atoms with Crippen LogP contribution in [0.15, 0.2) is 83.5 Å². The second-order valence-electron chi connectivity index (χ2n) is 10.6. The highest BCUT2D eigenvalue weighted by Gasteiger charge is 2.32. The van der Waals surface area contributed by atoms with Gasteiger partial charge in [0.1, 0.15) is 17.3 Å². The van der Waals surface area contributed by atoms with Crippen molar-refractivity contribution in [1.29, 1.82) is 0 Å². The van der Waals surface area contributed by atoms with E-state index in [0.29, 0.717) is 41.6 Å². The zero-order valence-electron chi connectivity index (χ0n) is 23.3. The van der Waals surface area contributed by atoms with Crippen molar-refractivity contribution in [2.45, 2.75) is 25.8 Å². The molecule has 1 aliphatic heterocycles. The number of tetrazole rings is 1. The first-order valence-corrected chi connectivity index (χ1v) is 14.0. The maximum absolute atomic E-state index is 13.5. The largest absolute Gasteiger partial charge is 0.436 e. The molecule has 7 rings (SSSR count). The minimum Gasteiger partial charge on any atom is -0.436 e. The number of rotatable bonds is 6. The molecule has 0 aliphatic carbocycles. The van der Waals surface area contributed by atoms with Crippen molar-refractivity contribution >= 4 is 17.0 Å². The molecule has 1 saturated heterocycles. The normalized spacial score (nSPS) is 14.9. The van der Waals surface area contributed by atoms with Gasteiger partial charge in [-0.25, -0.2) is 4.98 Å². The van der Waals surface area contributed by atoms with Crippen LogP contribution in [0.4, 0.5) is 0 Å². The first-order valence-electron chi connectivity index (χ1n) is 14.0. The highest BCUT2D eigenvalue weighted by Crippen LogP contribution is 2.34. The Balaban J connectivity index is 1.08. The van der Waals surface area contributed by atoms with Crippen molar-refractivity contribution in [3.63, 3.8) is 0 Å². The number of hydrogen-bond donors (Lipinski definition) is 0. The van der Waals surface area contributed by atoms with Gasteiger partial charge >= 0.3 is 0 Å². The van der Waals surface area contributed by atoms with E-state index >= 15 is 0 Å². The average Bonchev–Trinajstić information content (AvgIpc) is 3.77. The van der Waals surface area contributed by atoms with E-state index in [9.17, 15) is 4.79 Å². The van der Waals surface area contributed by atoms with Gasteiger partial charge in [-0.15, -0.1) is 10.2 Å². The maximum atomic E-state index is 13.5. The molecular formula is C31H29N9O2. The quantitative estimate of drug-likeness (QED) is 0.287. The fraction of sp³-hybridized carbons (Fsp3) is 0.258. The standard InChI is InChI=1S/C31H29N9O2/c1-20-35-37-40(36-20)29(21-6-4-3-5-7-21)22-12-16-39(17-13-22)31(41)26-19-24(10-14-32-26)30-34-25-18-23(8-9-28(25)42-30)27-11-15-33-38(27)2/h3-11,14-15,18-19,22,29H,12-13,16-17H2,1-2H3/t29-/m1/s1. The van der Waals surface area contributed by atoms with Gasteiger partial charge in [0, 0.05) is 43.7 Å². The molecule has 0 N–H and O–H groups in total. The predicted molar refractivity (Wildman–Crippen MR) is 155 cm³/mol. The van der Waals surface area contributed by atoms with Crippen molar-refractivity contribution < 1.29 is 9.21 Å². The van der Waals surface area contributed by atoms with Crippen LogP contribution >= 0.6 is 0 Å². The van der Waals surface area contributed by atoms with Crippen molar-refractivity contribution in [2.24, 2.45) is 13.0 Å². The number of benzene rings is 2. The average molecular weight is 560 g/mol. The summed E-state index contributed by atoms with van der Waals surface area (Å²) in [6.45, 7) is 3.08. The van der Waals surface area contributed by atoms with Crippen LogP contribution in [0.3, 0.4) is 0 Å². The number of carbonyl (C=O) groups is 1. The third kappa shape index (κ3) is 4.83. The summed E-state index contributed by atoms with van der Waals surface area (Å²) in [7, 11) is 1.91. The summed E-state index contributed by atoms with van der Waals surface area (Å²) >= 11 is 0. The van der Waals surface area contributed by atoms with Crippen LogP contribution in [-0.2, 0) is 7.05 Å². The lowest BCUT2D eigenvalue weighted by Gasteiger charge is -2.35. The second kappa shape index (κ2) is 10.7. The van der Waals surface area contributed by atoms with Crippen LogP contribution in [0.2, 0.25) is 0 Å². The highest BCUT2D eigenvalue weighted by molar-refractivity contribution is 5.93. The van der Waals surface area contributed by atoms with Gasteiger partial charge in [0.15, 0.2) is 11.4 Å². The maximum Gasteiger partial charge on any atom is 0.272 e.